The lowest BCUT2D eigenvalue weighted by molar-refractivity contribution is -0.131. The fourth-order valence-corrected chi connectivity index (χ4v) is 1.65. The van der Waals surface area contributed by atoms with E-state index in [1.54, 1.807) is 22.0 Å². The lowest BCUT2D eigenvalue weighted by Crippen LogP contribution is -2.34. The van der Waals surface area contributed by atoms with E-state index in [2.05, 4.69) is 5.10 Å². The molecule has 1 fully saturated rings. The maximum Gasteiger partial charge on any atom is 0.244 e. The Labute approximate surface area is 82.5 Å². The summed E-state index contributed by atoms with van der Waals surface area (Å²) in [5, 5.41) is 3.98. The van der Waals surface area contributed by atoms with Crippen LogP contribution < -0.4 is 5.73 Å². The number of amides is 1. The van der Waals surface area contributed by atoms with Crippen molar-refractivity contribution in [1.29, 1.82) is 0 Å². The van der Waals surface area contributed by atoms with Gasteiger partial charge in [0.15, 0.2) is 0 Å². The summed E-state index contributed by atoms with van der Waals surface area (Å²) < 4.78 is 1.63. The molecule has 0 spiro atoms. The molecule has 1 aromatic rings. The van der Waals surface area contributed by atoms with Crippen LogP contribution in [0, 0.1) is 0 Å². The predicted molar refractivity (Wildman–Crippen MR) is 51.4 cm³/mol. The number of aromatic nitrogens is 2. The first kappa shape index (κ1) is 9.21. The van der Waals surface area contributed by atoms with Gasteiger partial charge in [-0.3, -0.25) is 9.48 Å². The van der Waals surface area contributed by atoms with Crippen molar-refractivity contribution in [2.75, 3.05) is 13.1 Å². The molecule has 1 unspecified atom stereocenters. The summed E-state index contributed by atoms with van der Waals surface area (Å²) in [6.45, 7) is 1.78. The molecule has 5 heteroatoms. The first-order valence-electron chi connectivity index (χ1n) is 4.76. The van der Waals surface area contributed by atoms with Crippen LogP contribution in [0.2, 0.25) is 0 Å². The molecule has 0 aromatic carbocycles. The minimum absolute atomic E-state index is 0.0988. The summed E-state index contributed by atoms with van der Waals surface area (Å²) in [5.74, 6) is 0.0988. The van der Waals surface area contributed by atoms with E-state index >= 15 is 0 Å². The van der Waals surface area contributed by atoms with E-state index in [0.29, 0.717) is 13.1 Å². The van der Waals surface area contributed by atoms with Gasteiger partial charge in [-0.15, -0.1) is 0 Å². The Bertz CT molecular complexity index is 309. The number of likely N-dealkylation sites (tertiary alicyclic amines) is 1. The molecule has 76 valence electrons. The van der Waals surface area contributed by atoms with Crippen LogP contribution in [0.5, 0.6) is 0 Å². The average Bonchev–Trinajstić information content (AvgIpc) is 2.75. The second-order valence-corrected chi connectivity index (χ2v) is 3.59. The van der Waals surface area contributed by atoms with E-state index < -0.39 is 0 Å². The van der Waals surface area contributed by atoms with Gasteiger partial charge in [0.2, 0.25) is 5.91 Å². The second kappa shape index (κ2) is 3.79. The summed E-state index contributed by atoms with van der Waals surface area (Å²) >= 11 is 0. The van der Waals surface area contributed by atoms with Crippen molar-refractivity contribution in [1.82, 2.24) is 14.7 Å². The largest absolute Gasteiger partial charge is 0.339 e. The summed E-state index contributed by atoms with van der Waals surface area (Å²) in [4.78, 5) is 13.5. The molecule has 2 heterocycles. The zero-order valence-corrected chi connectivity index (χ0v) is 7.97. The molecule has 1 aromatic heterocycles. The fourth-order valence-electron chi connectivity index (χ4n) is 1.65. The summed E-state index contributed by atoms with van der Waals surface area (Å²) in [5.41, 5.74) is 5.72. The first-order valence-corrected chi connectivity index (χ1v) is 4.76. The summed E-state index contributed by atoms with van der Waals surface area (Å²) in [7, 11) is 0. The van der Waals surface area contributed by atoms with Gasteiger partial charge in [0.25, 0.3) is 0 Å². The average molecular weight is 194 g/mol. The topological polar surface area (TPSA) is 64.2 Å². The Balaban J connectivity index is 1.90. The minimum Gasteiger partial charge on any atom is -0.339 e. The van der Waals surface area contributed by atoms with Crippen molar-refractivity contribution in [2.24, 2.45) is 5.73 Å². The Kier molecular flexibility index (Phi) is 2.49. The van der Waals surface area contributed by atoms with Crippen LogP contribution in [0.4, 0.5) is 0 Å². The molecule has 2 rings (SSSR count). The van der Waals surface area contributed by atoms with E-state index in [1.807, 2.05) is 6.07 Å². The Hall–Kier alpha value is -1.36. The van der Waals surface area contributed by atoms with Gasteiger partial charge >= 0.3 is 0 Å². The third-order valence-corrected chi connectivity index (χ3v) is 2.43. The number of carbonyl (C=O) groups excluding carboxylic acids is 1. The molecule has 5 nitrogen and oxygen atoms in total. The maximum atomic E-state index is 11.7. The highest BCUT2D eigenvalue weighted by Gasteiger charge is 2.23. The normalized spacial score (nSPS) is 21.5. The van der Waals surface area contributed by atoms with Crippen LogP contribution >= 0.6 is 0 Å². The van der Waals surface area contributed by atoms with Gasteiger partial charge in [-0.25, -0.2) is 0 Å². The Morgan fingerprint density at radius 1 is 1.64 bits per heavy atom. The van der Waals surface area contributed by atoms with Crippen LogP contribution in [-0.2, 0) is 11.3 Å². The van der Waals surface area contributed by atoms with Crippen molar-refractivity contribution in [3.63, 3.8) is 0 Å². The zero-order chi connectivity index (χ0) is 9.97. The predicted octanol–water partition coefficient (Wildman–Crippen LogP) is -0.557. The number of hydrogen-bond acceptors (Lipinski definition) is 3. The molecule has 1 atom stereocenters. The van der Waals surface area contributed by atoms with Gasteiger partial charge in [-0.1, -0.05) is 0 Å². The van der Waals surface area contributed by atoms with Crippen molar-refractivity contribution in [2.45, 2.75) is 19.0 Å². The molecule has 1 aliphatic rings. The number of carbonyl (C=O) groups is 1. The van der Waals surface area contributed by atoms with Crippen LogP contribution in [0.25, 0.3) is 0 Å². The number of nitrogens with zero attached hydrogens (tertiary/aromatic N) is 3. The van der Waals surface area contributed by atoms with Crippen molar-refractivity contribution in [3.05, 3.63) is 18.5 Å². The molecule has 14 heavy (non-hydrogen) atoms. The molecule has 1 aliphatic heterocycles. The standard InChI is InChI=1S/C9H14N4O/c10-8-2-5-12(6-8)9(14)7-13-4-1-3-11-13/h1,3-4,8H,2,5-7,10H2. The Morgan fingerprint density at radius 3 is 3.07 bits per heavy atom. The highest BCUT2D eigenvalue weighted by Crippen LogP contribution is 2.07. The van der Waals surface area contributed by atoms with Gasteiger partial charge in [-0.05, 0) is 12.5 Å². The zero-order valence-electron chi connectivity index (χ0n) is 7.97. The minimum atomic E-state index is 0.0988. The quantitative estimate of drug-likeness (QED) is 0.686. The van der Waals surface area contributed by atoms with Crippen LogP contribution in [-0.4, -0.2) is 39.7 Å². The number of hydrogen-bond donors (Lipinski definition) is 1. The van der Waals surface area contributed by atoms with Crippen molar-refractivity contribution in [3.8, 4) is 0 Å². The third kappa shape index (κ3) is 1.93. The fraction of sp³-hybridized carbons (Fsp3) is 0.556. The smallest absolute Gasteiger partial charge is 0.244 e. The number of rotatable bonds is 2. The van der Waals surface area contributed by atoms with E-state index in [-0.39, 0.29) is 11.9 Å². The molecular formula is C9H14N4O. The lowest BCUT2D eigenvalue weighted by Gasteiger charge is -2.15. The van der Waals surface area contributed by atoms with Gasteiger partial charge in [0.1, 0.15) is 6.54 Å². The highest BCUT2D eigenvalue weighted by atomic mass is 16.2. The number of nitrogens with two attached hydrogens (primary N) is 1. The van der Waals surface area contributed by atoms with E-state index in [9.17, 15) is 4.79 Å². The van der Waals surface area contributed by atoms with Crippen LogP contribution in [0.1, 0.15) is 6.42 Å². The molecule has 1 saturated heterocycles. The second-order valence-electron chi connectivity index (χ2n) is 3.59. The molecule has 2 N–H and O–H groups in total. The highest BCUT2D eigenvalue weighted by molar-refractivity contribution is 5.76. The van der Waals surface area contributed by atoms with Gasteiger partial charge in [0, 0.05) is 31.5 Å². The SMILES string of the molecule is NC1CCN(C(=O)Cn2cccn2)C1. The molecule has 0 aliphatic carbocycles. The Morgan fingerprint density at radius 2 is 2.50 bits per heavy atom. The summed E-state index contributed by atoms with van der Waals surface area (Å²) in [6.07, 6.45) is 4.36. The van der Waals surface area contributed by atoms with Gasteiger partial charge < -0.3 is 10.6 Å². The lowest BCUT2D eigenvalue weighted by atomic mass is 10.3. The van der Waals surface area contributed by atoms with Crippen molar-refractivity contribution < 1.29 is 4.79 Å². The summed E-state index contributed by atoms with van der Waals surface area (Å²) in [6, 6.07) is 1.96. The monoisotopic (exact) mass is 194 g/mol. The third-order valence-electron chi connectivity index (χ3n) is 2.43. The molecular weight excluding hydrogens is 180 g/mol. The van der Waals surface area contributed by atoms with E-state index in [1.165, 1.54) is 0 Å². The van der Waals surface area contributed by atoms with Gasteiger partial charge in [-0.2, -0.15) is 5.10 Å². The van der Waals surface area contributed by atoms with E-state index in [0.717, 1.165) is 13.0 Å². The molecule has 0 bridgehead atoms. The molecule has 0 radical (unpaired) electrons. The molecule has 1 amide bonds. The van der Waals surface area contributed by atoms with Crippen LogP contribution in [0.15, 0.2) is 18.5 Å². The maximum absolute atomic E-state index is 11.7. The molecule has 0 saturated carbocycles. The first-order chi connectivity index (χ1) is 6.75. The van der Waals surface area contributed by atoms with E-state index in [4.69, 9.17) is 5.73 Å². The van der Waals surface area contributed by atoms with Crippen molar-refractivity contribution >= 4 is 5.91 Å². The van der Waals surface area contributed by atoms with Gasteiger partial charge in [0.05, 0.1) is 0 Å². The van der Waals surface area contributed by atoms with Crippen LogP contribution in [0.3, 0.4) is 0 Å².